The van der Waals surface area contributed by atoms with E-state index in [4.69, 9.17) is 14.2 Å². The molecular weight excluding hydrogens is 741 g/mol. The number of ether oxygens (including phenoxy) is 3. The fourth-order valence-corrected chi connectivity index (χ4v) is 6.45. The molecule has 60 heavy (non-hydrogen) atoms. The Bertz CT molecular complexity index is 1170. The van der Waals surface area contributed by atoms with Crippen molar-refractivity contribution in [3.05, 3.63) is 97.2 Å². The highest BCUT2D eigenvalue weighted by molar-refractivity contribution is 5.70. The number of allylic oxidation sites excluding steroid dienone is 16. The molecule has 1 unspecified atom stereocenters. The molecule has 0 aromatic rings. The fourth-order valence-electron chi connectivity index (χ4n) is 6.45. The normalized spacial score (nSPS) is 13.1. The van der Waals surface area contributed by atoms with Gasteiger partial charge in [-0.2, -0.15) is 0 Å². The van der Waals surface area contributed by atoms with Crippen LogP contribution in [0.15, 0.2) is 97.2 Å². The molecule has 0 radical (unpaired) electrons. The lowest BCUT2D eigenvalue weighted by Gasteiger charge is -2.18. The van der Waals surface area contributed by atoms with Crippen molar-refractivity contribution in [3.8, 4) is 0 Å². The van der Waals surface area contributed by atoms with Gasteiger partial charge in [-0.3, -0.25) is 9.59 Å². The Balaban J connectivity index is 4.32. The van der Waals surface area contributed by atoms with Gasteiger partial charge in [0.25, 0.3) is 0 Å². The van der Waals surface area contributed by atoms with Crippen molar-refractivity contribution in [2.45, 2.75) is 219 Å². The first kappa shape index (κ1) is 56.8. The first-order valence-corrected chi connectivity index (χ1v) is 24.8. The molecule has 0 rings (SSSR count). The van der Waals surface area contributed by atoms with E-state index in [1.807, 2.05) is 6.08 Å². The van der Waals surface area contributed by atoms with E-state index < -0.39 is 6.10 Å². The van der Waals surface area contributed by atoms with Gasteiger partial charge in [-0.05, 0) is 89.9 Å². The molecule has 0 aliphatic heterocycles. The molecule has 0 amide bonds. The van der Waals surface area contributed by atoms with Crippen LogP contribution in [0.3, 0.4) is 0 Å². The van der Waals surface area contributed by atoms with Crippen molar-refractivity contribution >= 4 is 11.9 Å². The van der Waals surface area contributed by atoms with E-state index in [1.165, 1.54) is 89.9 Å². The number of esters is 2. The molecule has 0 aliphatic carbocycles. The second-order valence-corrected chi connectivity index (χ2v) is 16.0. The van der Waals surface area contributed by atoms with Crippen LogP contribution in [0.25, 0.3) is 0 Å². The first-order valence-electron chi connectivity index (χ1n) is 24.8. The maximum Gasteiger partial charge on any atom is 0.306 e. The van der Waals surface area contributed by atoms with E-state index in [9.17, 15) is 9.59 Å². The number of unbranched alkanes of at least 4 members (excludes halogenated alkanes) is 17. The molecule has 0 heterocycles. The van der Waals surface area contributed by atoms with Gasteiger partial charge in [0.05, 0.1) is 6.61 Å². The van der Waals surface area contributed by atoms with E-state index in [-0.39, 0.29) is 25.2 Å². The molecule has 5 heteroatoms. The maximum atomic E-state index is 12.7. The molecule has 0 aromatic carbocycles. The molecular formula is C55H92O5. The summed E-state index contributed by atoms with van der Waals surface area (Å²) in [5, 5.41) is 0. The number of carbonyl (C=O) groups is 2. The van der Waals surface area contributed by atoms with Crippen LogP contribution >= 0.6 is 0 Å². The third kappa shape index (κ3) is 47.5. The summed E-state index contributed by atoms with van der Waals surface area (Å²) in [5.74, 6) is -0.507. The van der Waals surface area contributed by atoms with Gasteiger partial charge in [0.2, 0.25) is 0 Å². The second-order valence-electron chi connectivity index (χ2n) is 16.0. The third-order valence-corrected chi connectivity index (χ3v) is 10.1. The van der Waals surface area contributed by atoms with Crippen LogP contribution in [0.1, 0.15) is 213 Å². The van der Waals surface area contributed by atoms with Gasteiger partial charge in [-0.15, -0.1) is 0 Å². The lowest BCUT2D eigenvalue weighted by Crippen LogP contribution is -2.30. The fraction of sp³-hybridized carbons (Fsp3) is 0.673. The number of hydrogen-bond donors (Lipinski definition) is 0. The smallest absolute Gasteiger partial charge is 0.306 e. The Hall–Kier alpha value is -3.18. The molecule has 0 saturated heterocycles. The van der Waals surface area contributed by atoms with Gasteiger partial charge in [-0.25, -0.2) is 0 Å². The van der Waals surface area contributed by atoms with Crippen LogP contribution in [0.2, 0.25) is 0 Å². The SMILES string of the molecule is CC/C=C\C/C=C\C/C=C\C/C=C\C/C=C\C/C=C\CCC(=O)OCC(COCCCCCCCCCC)OC(=O)CCCCCCCCC/C=C\C/C=C\CCCCC. The maximum absolute atomic E-state index is 12.7. The number of carbonyl (C=O) groups excluding carboxylic acids is 2. The van der Waals surface area contributed by atoms with Crippen LogP contribution < -0.4 is 0 Å². The van der Waals surface area contributed by atoms with Crippen molar-refractivity contribution in [1.29, 1.82) is 0 Å². The van der Waals surface area contributed by atoms with Gasteiger partial charge < -0.3 is 14.2 Å². The topological polar surface area (TPSA) is 61.8 Å². The summed E-state index contributed by atoms with van der Waals surface area (Å²) in [6.07, 6.45) is 67.1. The molecule has 5 nitrogen and oxygen atoms in total. The van der Waals surface area contributed by atoms with Crippen molar-refractivity contribution in [1.82, 2.24) is 0 Å². The monoisotopic (exact) mass is 833 g/mol. The predicted molar refractivity (Wildman–Crippen MR) is 260 cm³/mol. The highest BCUT2D eigenvalue weighted by Gasteiger charge is 2.17. The van der Waals surface area contributed by atoms with Gasteiger partial charge in [0.15, 0.2) is 6.10 Å². The van der Waals surface area contributed by atoms with E-state index in [2.05, 4.69) is 112 Å². The highest BCUT2D eigenvalue weighted by Crippen LogP contribution is 2.13. The third-order valence-electron chi connectivity index (χ3n) is 10.1. The molecule has 342 valence electrons. The lowest BCUT2D eigenvalue weighted by atomic mass is 10.1. The minimum absolute atomic E-state index is 0.0384. The summed E-state index contributed by atoms with van der Waals surface area (Å²) in [4.78, 5) is 25.3. The number of hydrogen-bond acceptors (Lipinski definition) is 5. The average Bonchev–Trinajstić information content (AvgIpc) is 3.25. The molecule has 0 fully saturated rings. The zero-order valence-electron chi connectivity index (χ0n) is 39.2. The molecule has 1 atom stereocenters. The van der Waals surface area contributed by atoms with Crippen LogP contribution in [0.5, 0.6) is 0 Å². The summed E-state index contributed by atoms with van der Waals surface area (Å²) in [6.45, 7) is 7.58. The van der Waals surface area contributed by atoms with Gasteiger partial charge >= 0.3 is 11.9 Å². The second kappa shape index (κ2) is 50.2. The average molecular weight is 833 g/mol. The van der Waals surface area contributed by atoms with Gasteiger partial charge in [0.1, 0.15) is 6.61 Å². The van der Waals surface area contributed by atoms with Crippen molar-refractivity contribution in [2.75, 3.05) is 19.8 Å². The predicted octanol–water partition coefficient (Wildman–Crippen LogP) is 16.7. The summed E-state index contributed by atoms with van der Waals surface area (Å²) >= 11 is 0. The van der Waals surface area contributed by atoms with Gasteiger partial charge in [0, 0.05) is 19.4 Å². The number of rotatable bonds is 44. The summed E-state index contributed by atoms with van der Waals surface area (Å²) < 4.78 is 17.2. The lowest BCUT2D eigenvalue weighted by molar-refractivity contribution is -0.162. The van der Waals surface area contributed by atoms with E-state index in [0.717, 1.165) is 83.5 Å². The van der Waals surface area contributed by atoms with Crippen LogP contribution in [0.4, 0.5) is 0 Å². The van der Waals surface area contributed by atoms with E-state index >= 15 is 0 Å². The van der Waals surface area contributed by atoms with E-state index in [0.29, 0.717) is 25.9 Å². The summed E-state index contributed by atoms with van der Waals surface area (Å²) in [5.41, 5.74) is 0. The largest absolute Gasteiger partial charge is 0.462 e. The van der Waals surface area contributed by atoms with Crippen LogP contribution in [0, 0.1) is 0 Å². The zero-order valence-corrected chi connectivity index (χ0v) is 39.2. The molecule has 0 saturated carbocycles. The minimum atomic E-state index is -0.572. The minimum Gasteiger partial charge on any atom is -0.462 e. The van der Waals surface area contributed by atoms with Crippen molar-refractivity contribution < 1.29 is 23.8 Å². The zero-order chi connectivity index (χ0) is 43.5. The molecule has 0 aliphatic rings. The van der Waals surface area contributed by atoms with E-state index in [1.54, 1.807) is 0 Å². The molecule has 0 N–H and O–H groups in total. The Morgan fingerprint density at radius 2 is 0.783 bits per heavy atom. The van der Waals surface area contributed by atoms with Gasteiger partial charge in [-0.1, -0.05) is 208 Å². The molecule has 0 aromatic heterocycles. The van der Waals surface area contributed by atoms with Crippen molar-refractivity contribution in [2.24, 2.45) is 0 Å². The standard InChI is InChI=1S/C55H92O5/c1-4-7-10-13-16-19-21-23-25-27-28-30-31-33-35-37-39-42-45-48-54(56)59-52-53(51-58-50-47-44-41-18-15-12-9-6-3)60-55(57)49-46-43-40-38-36-34-32-29-26-24-22-20-17-14-11-8-5-2/h7,10,16-17,19-20,23-26,28,30,33,35,39,42,53H,4-6,8-9,11-15,18,21-22,27,29,31-32,34,36-38,40-41,43-52H2,1-3H3/b10-7-,19-16-,20-17-,25-23-,26-24-,30-28-,35-33-,42-39-. The van der Waals surface area contributed by atoms with Crippen molar-refractivity contribution in [3.63, 3.8) is 0 Å². The van der Waals surface area contributed by atoms with Crippen LogP contribution in [-0.4, -0.2) is 37.9 Å². The Morgan fingerprint density at radius 1 is 0.383 bits per heavy atom. The summed E-state index contributed by atoms with van der Waals surface area (Å²) in [6, 6.07) is 0. The quantitative estimate of drug-likeness (QED) is 0.0348. The summed E-state index contributed by atoms with van der Waals surface area (Å²) in [7, 11) is 0. The molecule has 0 bridgehead atoms. The first-order chi connectivity index (χ1) is 29.6. The Labute approximate surface area is 371 Å². The van der Waals surface area contributed by atoms with Crippen LogP contribution in [-0.2, 0) is 23.8 Å². The molecule has 0 spiro atoms. The Kier molecular flexibility index (Phi) is 47.5. The Morgan fingerprint density at radius 3 is 1.30 bits per heavy atom. The highest BCUT2D eigenvalue weighted by atomic mass is 16.6.